The van der Waals surface area contributed by atoms with Crippen LogP contribution in [-0.4, -0.2) is 25.2 Å². The fourth-order valence-electron chi connectivity index (χ4n) is 0.705. The standard InChI is InChI=1S/C7H16N2O2.ClH/c1-2-11-7(10)6(9)4-3-5-8;/h6H,2-5,8-9H2,1H3;1H/t6-;/m1./s1. The molecule has 5 heteroatoms. The van der Waals surface area contributed by atoms with Gasteiger partial charge in [0.15, 0.2) is 0 Å². The van der Waals surface area contributed by atoms with Crippen LogP contribution in [0.2, 0.25) is 0 Å². The third-order valence-electron chi connectivity index (χ3n) is 1.31. The first-order valence-electron chi connectivity index (χ1n) is 3.84. The first kappa shape index (κ1) is 14.2. The third-order valence-corrected chi connectivity index (χ3v) is 1.31. The zero-order valence-corrected chi connectivity index (χ0v) is 8.10. The molecule has 0 saturated heterocycles. The summed E-state index contributed by atoms with van der Waals surface area (Å²) in [6.07, 6.45) is 1.37. The molecule has 12 heavy (non-hydrogen) atoms. The van der Waals surface area contributed by atoms with E-state index in [1.165, 1.54) is 0 Å². The number of carbonyl (C=O) groups excluding carboxylic acids is 1. The molecule has 0 heterocycles. The smallest absolute Gasteiger partial charge is 0.322 e. The van der Waals surface area contributed by atoms with E-state index in [0.717, 1.165) is 6.42 Å². The Morgan fingerprint density at radius 2 is 2.17 bits per heavy atom. The van der Waals surface area contributed by atoms with Crippen LogP contribution >= 0.6 is 12.4 Å². The molecular weight excluding hydrogens is 180 g/mol. The summed E-state index contributed by atoms with van der Waals surface area (Å²) in [5, 5.41) is 0. The van der Waals surface area contributed by atoms with Crippen LogP contribution in [0.25, 0.3) is 0 Å². The van der Waals surface area contributed by atoms with Crippen LogP contribution in [0.5, 0.6) is 0 Å². The van der Waals surface area contributed by atoms with Gasteiger partial charge in [-0.3, -0.25) is 4.79 Å². The zero-order valence-electron chi connectivity index (χ0n) is 7.29. The Bertz CT molecular complexity index is 122. The van der Waals surface area contributed by atoms with Crippen LogP contribution in [0.15, 0.2) is 0 Å². The molecule has 4 N–H and O–H groups in total. The van der Waals surface area contributed by atoms with E-state index in [1.807, 2.05) is 0 Å². The molecule has 0 fully saturated rings. The highest BCUT2D eigenvalue weighted by Gasteiger charge is 2.12. The number of carbonyl (C=O) groups is 1. The molecule has 0 spiro atoms. The second-order valence-corrected chi connectivity index (χ2v) is 2.29. The molecule has 0 aliphatic carbocycles. The minimum Gasteiger partial charge on any atom is -0.465 e. The lowest BCUT2D eigenvalue weighted by Crippen LogP contribution is -2.32. The van der Waals surface area contributed by atoms with E-state index >= 15 is 0 Å². The first-order chi connectivity index (χ1) is 5.22. The number of ether oxygens (including phenoxy) is 1. The van der Waals surface area contributed by atoms with Gasteiger partial charge in [-0.15, -0.1) is 12.4 Å². The maximum Gasteiger partial charge on any atom is 0.322 e. The van der Waals surface area contributed by atoms with Crippen LogP contribution in [0.3, 0.4) is 0 Å². The summed E-state index contributed by atoms with van der Waals surface area (Å²) in [4.78, 5) is 10.9. The highest BCUT2D eigenvalue weighted by molar-refractivity contribution is 5.85. The van der Waals surface area contributed by atoms with E-state index < -0.39 is 6.04 Å². The van der Waals surface area contributed by atoms with Crippen molar-refractivity contribution >= 4 is 18.4 Å². The molecule has 1 atom stereocenters. The van der Waals surface area contributed by atoms with Crippen LogP contribution < -0.4 is 11.5 Å². The van der Waals surface area contributed by atoms with Gasteiger partial charge in [0.2, 0.25) is 0 Å². The van der Waals surface area contributed by atoms with Gasteiger partial charge in [-0.05, 0) is 26.3 Å². The monoisotopic (exact) mass is 196 g/mol. The van der Waals surface area contributed by atoms with Crippen molar-refractivity contribution in [2.24, 2.45) is 11.5 Å². The van der Waals surface area contributed by atoms with E-state index in [-0.39, 0.29) is 18.4 Å². The van der Waals surface area contributed by atoms with Crippen molar-refractivity contribution in [3.63, 3.8) is 0 Å². The quantitative estimate of drug-likeness (QED) is 0.609. The molecule has 0 bridgehead atoms. The van der Waals surface area contributed by atoms with Crippen molar-refractivity contribution in [1.82, 2.24) is 0 Å². The van der Waals surface area contributed by atoms with Crippen molar-refractivity contribution in [2.75, 3.05) is 13.2 Å². The molecule has 0 aromatic heterocycles. The Morgan fingerprint density at radius 1 is 1.58 bits per heavy atom. The van der Waals surface area contributed by atoms with E-state index in [4.69, 9.17) is 16.2 Å². The van der Waals surface area contributed by atoms with Gasteiger partial charge in [0.25, 0.3) is 0 Å². The maximum absolute atomic E-state index is 10.9. The second kappa shape index (κ2) is 8.77. The van der Waals surface area contributed by atoms with Gasteiger partial charge in [0.05, 0.1) is 6.61 Å². The average Bonchev–Trinajstić information content (AvgIpc) is 2.00. The highest BCUT2D eigenvalue weighted by Crippen LogP contribution is 1.95. The molecule has 0 aromatic carbocycles. The van der Waals surface area contributed by atoms with Crippen LogP contribution in [0, 0.1) is 0 Å². The number of esters is 1. The summed E-state index contributed by atoms with van der Waals surface area (Å²) in [5.74, 6) is -0.332. The number of rotatable bonds is 5. The lowest BCUT2D eigenvalue weighted by atomic mass is 10.2. The summed E-state index contributed by atoms with van der Waals surface area (Å²) >= 11 is 0. The van der Waals surface area contributed by atoms with E-state index in [9.17, 15) is 4.79 Å². The largest absolute Gasteiger partial charge is 0.465 e. The summed E-state index contributed by atoms with van der Waals surface area (Å²) < 4.78 is 4.70. The summed E-state index contributed by atoms with van der Waals surface area (Å²) in [5.41, 5.74) is 10.7. The Hall–Kier alpha value is -0.320. The van der Waals surface area contributed by atoms with Gasteiger partial charge in [-0.1, -0.05) is 0 Å². The summed E-state index contributed by atoms with van der Waals surface area (Å²) in [7, 11) is 0. The number of hydrogen-bond acceptors (Lipinski definition) is 4. The normalized spacial score (nSPS) is 11.6. The number of nitrogens with two attached hydrogens (primary N) is 2. The van der Waals surface area contributed by atoms with Crippen LogP contribution in [0.1, 0.15) is 19.8 Å². The molecule has 0 rings (SSSR count). The van der Waals surface area contributed by atoms with Crippen molar-refractivity contribution in [1.29, 1.82) is 0 Å². The van der Waals surface area contributed by atoms with Crippen LogP contribution in [0.4, 0.5) is 0 Å². The highest BCUT2D eigenvalue weighted by atomic mass is 35.5. The van der Waals surface area contributed by atoms with Crippen LogP contribution in [-0.2, 0) is 9.53 Å². The van der Waals surface area contributed by atoms with Gasteiger partial charge in [0, 0.05) is 0 Å². The van der Waals surface area contributed by atoms with Gasteiger partial charge < -0.3 is 16.2 Å². The first-order valence-corrected chi connectivity index (χ1v) is 3.84. The van der Waals surface area contributed by atoms with Crippen molar-refractivity contribution in [3.8, 4) is 0 Å². The molecule has 0 aliphatic rings. The lowest BCUT2D eigenvalue weighted by Gasteiger charge is -2.08. The fourth-order valence-corrected chi connectivity index (χ4v) is 0.705. The second-order valence-electron chi connectivity index (χ2n) is 2.29. The predicted molar refractivity (Wildman–Crippen MR) is 50.1 cm³/mol. The van der Waals surface area contributed by atoms with E-state index in [1.54, 1.807) is 6.92 Å². The van der Waals surface area contributed by atoms with Crippen molar-refractivity contribution < 1.29 is 9.53 Å². The SMILES string of the molecule is CCOC(=O)[C@H](N)CCCN.Cl. The van der Waals surface area contributed by atoms with Crippen molar-refractivity contribution in [3.05, 3.63) is 0 Å². The molecule has 0 unspecified atom stereocenters. The zero-order chi connectivity index (χ0) is 8.69. The summed E-state index contributed by atoms with van der Waals surface area (Å²) in [6.45, 7) is 2.70. The maximum atomic E-state index is 10.9. The molecule has 0 aliphatic heterocycles. The summed E-state index contributed by atoms with van der Waals surface area (Å²) in [6, 6.07) is -0.501. The Labute approximate surface area is 79.0 Å². The molecular formula is C7H17ClN2O2. The van der Waals surface area contributed by atoms with Gasteiger partial charge in [0.1, 0.15) is 6.04 Å². The van der Waals surface area contributed by atoms with Gasteiger partial charge in [-0.2, -0.15) is 0 Å². The Kier molecular flexibility index (Phi) is 10.4. The fraction of sp³-hybridized carbons (Fsp3) is 0.857. The number of hydrogen-bond donors (Lipinski definition) is 2. The predicted octanol–water partition coefficient (Wildman–Crippen LogP) is 0.0375. The van der Waals surface area contributed by atoms with E-state index in [0.29, 0.717) is 19.6 Å². The Morgan fingerprint density at radius 3 is 2.58 bits per heavy atom. The molecule has 0 radical (unpaired) electrons. The molecule has 4 nitrogen and oxygen atoms in total. The molecule has 74 valence electrons. The Balaban J connectivity index is 0. The van der Waals surface area contributed by atoms with Gasteiger partial charge >= 0.3 is 5.97 Å². The van der Waals surface area contributed by atoms with Crippen molar-refractivity contribution in [2.45, 2.75) is 25.8 Å². The molecule has 0 amide bonds. The lowest BCUT2D eigenvalue weighted by molar-refractivity contribution is -0.144. The molecule has 0 aromatic rings. The number of halogens is 1. The topological polar surface area (TPSA) is 78.3 Å². The van der Waals surface area contributed by atoms with E-state index in [2.05, 4.69) is 0 Å². The minimum atomic E-state index is -0.501. The third kappa shape index (κ3) is 6.39. The average molecular weight is 197 g/mol. The minimum absolute atomic E-state index is 0. The van der Waals surface area contributed by atoms with Gasteiger partial charge in [-0.25, -0.2) is 0 Å². The molecule has 0 saturated carbocycles.